The van der Waals surface area contributed by atoms with E-state index in [-0.39, 0.29) is 6.61 Å². The summed E-state index contributed by atoms with van der Waals surface area (Å²) in [5, 5.41) is 9.51. The molecule has 0 aliphatic carbocycles. The number of benzene rings is 1. The zero-order valence-corrected chi connectivity index (χ0v) is 18.3. The SMILES string of the molecule is CCC[CH2][Sn]([CH2]CCC)([CH2]CCC)[CH2]Oc1ccccc1CO. The maximum atomic E-state index is 9.51. The van der Waals surface area contributed by atoms with Crippen LogP contribution in [-0.2, 0) is 6.61 Å². The van der Waals surface area contributed by atoms with E-state index in [0.717, 1.165) is 15.9 Å². The zero-order valence-electron chi connectivity index (χ0n) is 15.4. The van der Waals surface area contributed by atoms with Crippen LogP contribution < -0.4 is 4.74 Å². The minimum absolute atomic E-state index is 0.0670. The summed E-state index contributed by atoms with van der Waals surface area (Å²) in [6, 6.07) is 7.97. The van der Waals surface area contributed by atoms with Crippen LogP contribution in [-0.4, -0.2) is 28.1 Å². The number of ether oxygens (including phenoxy) is 1. The van der Waals surface area contributed by atoms with Gasteiger partial charge >= 0.3 is 148 Å². The molecule has 23 heavy (non-hydrogen) atoms. The van der Waals surface area contributed by atoms with Gasteiger partial charge < -0.3 is 0 Å². The van der Waals surface area contributed by atoms with Gasteiger partial charge in [-0.05, 0) is 0 Å². The van der Waals surface area contributed by atoms with E-state index in [0.29, 0.717) is 0 Å². The van der Waals surface area contributed by atoms with Gasteiger partial charge in [-0.1, -0.05) is 0 Å². The summed E-state index contributed by atoms with van der Waals surface area (Å²) in [4.78, 5) is 0. The normalized spacial score (nSPS) is 11.7. The van der Waals surface area contributed by atoms with E-state index in [1.165, 1.54) is 51.8 Å². The van der Waals surface area contributed by atoms with Crippen molar-refractivity contribution in [3.05, 3.63) is 29.8 Å². The first kappa shape index (κ1) is 20.8. The van der Waals surface area contributed by atoms with Gasteiger partial charge in [0, 0.05) is 0 Å². The van der Waals surface area contributed by atoms with Crippen molar-refractivity contribution in [1.29, 1.82) is 0 Å². The molecule has 1 rings (SSSR count). The van der Waals surface area contributed by atoms with E-state index < -0.39 is 18.4 Å². The molecule has 132 valence electrons. The first-order valence-corrected chi connectivity index (χ1v) is 17.6. The fraction of sp³-hybridized carbons (Fsp3) is 0.700. The van der Waals surface area contributed by atoms with Gasteiger partial charge in [0.05, 0.1) is 0 Å². The molecule has 0 bridgehead atoms. The van der Waals surface area contributed by atoms with Gasteiger partial charge in [0.1, 0.15) is 0 Å². The average Bonchev–Trinajstić information content (AvgIpc) is 2.60. The molecule has 0 atom stereocenters. The van der Waals surface area contributed by atoms with Gasteiger partial charge in [-0.25, -0.2) is 0 Å². The average molecular weight is 427 g/mol. The molecule has 1 aromatic carbocycles. The second kappa shape index (κ2) is 12.2. The Morgan fingerprint density at radius 1 is 0.870 bits per heavy atom. The van der Waals surface area contributed by atoms with Gasteiger partial charge in [-0.15, -0.1) is 0 Å². The molecule has 0 heterocycles. The zero-order chi connectivity index (χ0) is 17.0. The van der Waals surface area contributed by atoms with Crippen molar-refractivity contribution in [2.75, 3.05) is 4.62 Å². The van der Waals surface area contributed by atoms with E-state index in [4.69, 9.17) is 4.74 Å². The van der Waals surface area contributed by atoms with Gasteiger partial charge in [0.15, 0.2) is 0 Å². The summed E-state index contributed by atoms with van der Waals surface area (Å²) >= 11 is -2.24. The standard InChI is InChI=1S/C8H9O2.3C4H9.Sn/c1-10-8-5-3-2-4-7(8)6-9;3*1-3-4-2;/h2-5,9H,1,6H2;3*1,3-4H2,2H3;. The van der Waals surface area contributed by atoms with E-state index in [1.54, 1.807) is 0 Å². The number of aliphatic hydroxyl groups excluding tert-OH is 1. The molecule has 3 heteroatoms. The van der Waals surface area contributed by atoms with Crippen molar-refractivity contribution in [3.63, 3.8) is 0 Å². The Morgan fingerprint density at radius 2 is 1.39 bits per heavy atom. The molecule has 0 unspecified atom stereocenters. The predicted octanol–water partition coefficient (Wildman–Crippen LogP) is 5.95. The van der Waals surface area contributed by atoms with Crippen LogP contribution in [0.4, 0.5) is 0 Å². The quantitative estimate of drug-likeness (QED) is 0.395. The molecule has 0 aliphatic rings. The predicted molar refractivity (Wildman–Crippen MR) is 103 cm³/mol. The summed E-state index contributed by atoms with van der Waals surface area (Å²) in [6.07, 6.45) is 8.00. The van der Waals surface area contributed by atoms with E-state index >= 15 is 0 Å². The number of para-hydroxylation sites is 1. The Morgan fingerprint density at radius 3 is 1.87 bits per heavy atom. The van der Waals surface area contributed by atoms with E-state index in [2.05, 4.69) is 20.8 Å². The number of hydrogen-bond donors (Lipinski definition) is 1. The number of aliphatic hydroxyl groups is 1. The first-order valence-electron chi connectivity index (χ1n) is 9.53. The summed E-state index contributed by atoms with van der Waals surface area (Å²) in [5.74, 6) is 0.903. The van der Waals surface area contributed by atoms with Gasteiger partial charge in [0.2, 0.25) is 0 Å². The second-order valence-electron chi connectivity index (χ2n) is 6.87. The third-order valence-corrected chi connectivity index (χ3v) is 19.1. The van der Waals surface area contributed by atoms with Crippen molar-refractivity contribution >= 4 is 18.4 Å². The second-order valence-corrected chi connectivity index (χ2v) is 20.5. The van der Waals surface area contributed by atoms with Gasteiger partial charge in [-0.2, -0.15) is 0 Å². The monoisotopic (exact) mass is 428 g/mol. The van der Waals surface area contributed by atoms with Crippen molar-refractivity contribution in [2.24, 2.45) is 0 Å². The van der Waals surface area contributed by atoms with Crippen LogP contribution in [0.5, 0.6) is 5.75 Å². The molecule has 0 spiro atoms. The van der Waals surface area contributed by atoms with Crippen molar-refractivity contribution in [3.8, 4) is 5.75 Å². The van der Waals surface area contributed by atoms with Crippen molar-refractivity contribution in [2.45, 2.75) is 79.2 Å². The number of hydrogen-bond acceptors (Lipinski definition) is 2. The van der Waals surface area contributed by atoms with Crippen molar-refractivity contribution in [1.82, 2.24) is 0 Å². The summed E-state index contributed by atoms with van der Waals surface area (Å²) < 4.78 is 11.7. The Bertz CT molecular complexity index is 398. The molecule has 0 saturated heterocycles. The summed E-state index contributed by atoms with van der Waals surface area (Å²) in [5.41, 5.74) is 0.925. The minimum atomic E-state index is -2.24. The van der Waals surface area contributed by atoms with Crippen molar-refractivity contribution < 1.29 is 9.84 Å². The molecule has 0 fully saturated rings. The van der Waals surface area contributed by atoms with E-state index in [1.807, 2.05) is 24.3 Å². The number of unbranched alkanes of at least 4 members (excludes halogenated alkanes) is 3. The summed E-state index contributed by atoms with van der Waals surface area (Å²) in [7, 11) is 0. The molecule has 0 radical (unpaired) electrons. The fourth-order valence-electron chi connectivity index (χ4n) is 3.25. The van der Waals surface area contributed by atoms with Crippen LogP contribution in [0.1, 0.15) is 64.9 Å². The Labute approximate surface area is 147 Å². The van der Waals surface area contributed by atoms with Crippen LogP contribution in [0.3, 0.4) is 0 Å². The summed E-state index contributed by atoms with van der Waals surface area (Å²) in [6.45, 7) is 6.98. The Balaban J connectivity index is 2.82. The molecule has 0 amide bonds. The molecule has 0 aliphatic heterocycles. The third kappa shape index (κ3) is 7.47. The Kier molecular flexibility index (Phi) is 11.0. The van der Waals surface area contributed by atoms with Crippen LogP contribution in [0.25, 0.3) is 0 Å². The first-order chi connectivity index (χ1) is 11.2. The van der Waals surface area contributed by atoms with E-state index in [9.17, 15) is 5.11 Å². The molecular weight excluding hydrogens is 391 g/mol. The fourth-order valence-corrected chi connectivity index (χ4v) is 17.4. The van der Waals surface area contributed by atoms with Gasteiger partial charge in [-0.3, -0.25) is 0 Å². The Hall–Kier alpha value is -0.221. The molecule has 1 N–H and O–H groups in total. The molecular formula is C20H36O2Sn. The van der Waals surface area contributed by atoms with Crippen LogP contribution in [0.2, 0.25) is 13.3 Å². The molecule has 0 aromatic heterocycles. The number of rotatable bonds is 13. The third-order valence-electron chi connectivity index (χ3n) is 4.86. The molecule has 2 nitrogen and oxygen atoms in total. The van der Waals surface area contributed by atoms with Crippen LogP contribution in [0.15, 0.2) is 24.3 Å². The molecule has 1 aromatic rings. The van der Waals surface area contributed by atoms with Crippen LogP contribution >= 0.6 is 0 Å². The van der Waals surface area contributed by atoms with Crippen LogP contribution in [0, 0.1) is 0 Å². The van der Waals surface area contributed by atoms with Gasteiger partial charge in [0.25, 0.3) is 0 Å². The maximum absolute atomic E-state index is 9.51. The molecule has 0 saturated carbocycles. The topological polar surface area (TPSA) is 29.5 Å².